The molecule has 29 nitrogen and oxygen atoms in total. The Hall–Kier alpha value is -6.37. The number of aliphatic hydroxyl groups excluding tert-OH is 2. The Labute approximate surface area is 424 Å². The number of esters is 1. The molecule has 10 atom stereocenters. The molecule has 1 unspecified atom stereocenters. The zero-order chi connectivity index (χ0) is 54.2. The van der Waals surface area contributed by atoms with Crippen molar-refractivity contribution in [2.75, 3.05) is 43.2 Å². The number of ether oxygens (including phenoxy) is 5. The molecule has 2 saturated heterocycles. The highest BCUT2D eigenvalue weighted by molar-refractivity contribution is 7.47. The molecule has 75 heavy (non-hydrogen) atoms. The molecular formula is C43H53FN10O19P2. The molecular weight excluding hydrogens is 1040 g/mol. The number of nitrogens with zero attached hydrogens (tertiary/aromatic N) is 6. The number of carbonyl (C=O) groups is 3. The molecule has 0 spiro atoms. The number of nitrogen functional groups attached to an aromatic ring is 2. The van der Waals surface area contributed by atoms with Gasteiger partial charge in [0.2, 0.25) is 5.91 Å². The molecule has 32 heteroatoms. The van der Waals surface area contributed by atoms with E-state index in [0.29, 0.717) is 23.2 Å². The number of aromatic nitrogens is 6. The number of fused-ring (bicyclic) bond motifs is 1. The third-order valence-electron chi connectivity index (χ3n) is 11.3. The number of carbonyl (C=O) groups excluding carboxylic acids is 3. The van der Waals surface area contributed by atoms with E-state index in [-0.39, 0.29) is 54.3 Å². The molecule has 11 N–H and O–H groups in total. The summed E-state index contributed by atoms with van der Waals surface area (Å²) in [6, 6.07) is 11.3. The van der Waals surface area contributed by atoms with Gasteiger partial charge in [0, 0.05) is 18.5 Å². The van der Waals surface area contributed by atoms with Crippen molar-refractivity contribution < 1.29 is 90.1 Å². The lowest BCUT2D eigenvalue weighted by atomic mass is 10.1. The Kier molecular flexibility index (Phi) is 18.4. The van der Waals surface area contributed by atoms with E-state index in [2.05, 4.69) is 35.1 Å². The van der Waals surface area contributed by atoms with Crippen LogP contribution in [0.1, 0.15) is 43.9 Å². The fourth-order valence-corrected chi connectivity index (χ4v) is 8.86. The van der Waals surface area contributed by atoms with E-state index in [4.69, 9.17) is 44.2 Å². The highest BCUT2D eigenvalue weighted by Gasteiger charge is 2.52. The summed E-state index contributed by atoms with van der Waals surface area (Å²) in [6.45, 7) is 1.14. The largest absolute Gasteiger partial charge is 0.472 e. The van der Waals surface area contributed by atoms with Gasteiger partial charge in [-0.1, -0.05) is 38.1 Å². The van der Waals surface area contributed by atoms with E-state index in [9.17, 15) is 57.6 Å². The predicted octanol–water partition coefficient (Wildman–Crippen LogP) is 0.966. The van der Waals surface area contributed by atoms with Crippen molar-refractivity contribution in [3.05, 3.63) is 101 Å². The maximum Gasteiger partial charge on any atom is 0.472 e. The van der Waals surface area contributed by atoms with Crippen molar-refractivity contribution in [1.82, 2.24) is 34.4 Å². The highest BCUT2D eigenvalue weighted by Crippen LogP contribution is 2.50. The number of hydrogen-bond donors (Lipinski definition) is 9. The minimum absolute atomic E-state index is 0.00524. The van der Waals surface area contributed by atoms with E-state index in [1.165, 1.54) is 35.2 Å². The predicted molar refractivity (Wildman–Crippen MR) is 254 cm³/mol. The van der Waals surface area contributed by atoms with E-state index >= 15 is 0 Å². The van der Waals surface area contributed by atoms with Crippen molar-refractivity contribution in [1.29, 1.82) is 0 Å². The Bertz CT molecular complexity index is 2950. The lowest BCUT2D eigenvalue weighted by molar-refractivity contribution is -0.160. The summed E-state index contributed by atoms with van der Waals surface area (Å²) in [4.78, 5) is 98.0. The zero-order valence-electron chi connectivity index (χ0n) is 39.7. The van der Waals surface area contributed by atoms with E-state index in [1.807, 2.05) is 13.8 Å². The lowest BCUT2D eigenvalue weighted by Crippen LogP contribution is -2.48. The highest BCUT2D eigenvalue weighted by atomic mass is 31.2. The molecule has 2 aliphatic rings. The summed E-state index contributed by atoms with van der Waals surface area (Å²) in [5, 5.41) is 28.1. The van der Waals surface area contributed by atoms with Gasteiger partial charge in [0.1, 0.15) is 60.6 Å². The number of rotatable bonds is 23. The molecule has 7 rings (SSSR count). The quantitative estimate of drug-likeness (QED) is 0.0250. The summed E-state index contributed by atoms with van der Waals surface area (Å²) in [6.07, 6.45) is -11.6. The van der Waals surface area contributed by atoms with Gasteiger partial charge in [-0.25, -0.2) is 42.9 Å². The van der Waals surface area contributed by atoms with Crippen LogP contribution in [0.3, 0.4) is 0 Å². The van der Waals surface area contributed by atoms with Crippen LogP contribution in [0.5, 0.6) is 0 Å². The number of imidazole rings is 1. The number of benzene rings is 2. The number of alkyl carbamates (subject to hydrolysis) is 1. The van der Waals surface area contributed by atoms with Crippen LogP contribution in [0.25, 0.3) is 11.2 Å². The van der Waals surface area contributed by atoms with Gasteiger partial charge >= 0.3 is 33.4 Å². The molecule has 0 aliphatic carbocycles. The van der Waals surface area contributed by atoms with Gasteiger partial charge in [-0.15, -0.1) is 0 Å². The molecule has 2 fully saturated rings. The Balaban J connectivity index is 1.05. The third-order valence-corrected chi connectivity index (χ3v) is 12.8. The minimum atomic E-state index is -5.49. The summed E-state index contributed by atoms with van der Waals surface area (Å²) in [7, 11) is -10.7. The molecule has 2 aromatic carbocycles. The van der Waals surface area contributed by atoms with Crippen LogP contribution in [0, 0.1) is 11.7 Å². The summed E-state index contributed by atoms with van der Waals surface area (Å²) in [5.74, 6) is -2.06. The van der Waals surface area contributed by atoms with Gasteiger partial charge in [-0.05, 0) is 53.8 Å². The van der Waals surface area contributed by atoms with Crippen molar-refractivity contribution in [2.24, 2.45) is 5.92 Å². The van der Waals surface area contributed by atoms with Crippen molar-refractivity contribution >= 4 is 62.1 Å². The van der Waals surface area contributed by atoms with Gasteiger partial charge < -0.3 is 70.7 Å². The topological polar surface area (TPSA) is 415 Å². The lowest BCUT2D eigenvalue weighted by Gasteiger charge is -2.26. The normalized spacial score (nSPS) is 22.9. The fraction of sp³-hybridized carbons (Fsp3) is 0.442. The number of nitrogens with one attached hydrogen (secondary N) is 2. The maximum absolute atomic E-state index is 14.1. The summed E-state index contributed by atoms with van der Waals surface area (Å²) >= 11 is 0. The molecule has 2 amide bonds. The summed E-state index contributed by atoms with van der Waals surface area (Å²) in [5.41, 5.74) is 12.1. The Morgan fingerprint density at radius 2 is 1.52 bits per heavy atom. The third kappa shape index (κ3) is 15.2. The number of amides is 2. The van der Waals surface area contributed by atoms with E-state index < -0.39 is 114 Å². The second kappa shape index (κ2) is 24.5. The van der Waals surface area contributed by atoms with Crippen LogP contribution in [-0.2, 0) is 69.0 Å². The Morgan fingerprint density at radius 3 is 2.20 bits per heavy atom. The Morgan fingerprint density at radius 1 is 0.867 bits per heavy atom. The smallest absolute Gasteiger partial charge is 0.455 e. The van der Waals surface area contributed by atoms with Crippen LogP contribution in [-0.4, -0.2) is 141 Å². The van der Waals surface area contributed by atoms with Gasteiger partial charge in [-0.3, -0.25) is 27.5 Å². The number of hydrogen-bond acceptors (Lipinski definition) is 22. The number of halogens is 1. The minimum Gasteiger partial charge on any atom is -0.455 e. The molecule has 0 radical (unpaired) electrons. The fourth-order valence-electron chi connectivity index (χ4n) is 7.56. The van der Waals surface area contributed by atoms with Gasteiger partial charge in [-0.2, -0.15) is 4.98 Å². The first-order valence-corrected chi connectivity index (χ1v) is 25.7. The number of phosphoric ester groups is 2. The van der Waals surface area contributed by atoms with Crippen LogP contribution in [0.2, 0.25) is 0 Å². The molecule has 5 heterocycles. The van der Waals surface area contributed by atoms with E-state index in [0.717, 1.165) is 23.2 Å². The first-order chi connectivity index (χ1) is 35.5. The van der Waals surface area contributed by atoms with Crippen LogP contribution in [0.4, 0.5) is 26.5 Å². The molecule has 406 valence electrons. The second-order valence-corrected chi connectivity index (χ2v) is 20.0. The molecule has 5 aromatic rings. The average Bonchev–Trinajstić information content (AvgIpc) is 4.01. The maximum atomic E-state index is 14.1. The van der Waals surface area contributed by atoms with Crippen molar-refractivity contribution in [2.45, 2.75) is 88.4 Å². The number of nitrogens with two attached hydrogens (primary N) is 2. The van der Waals surface area contributed by atoms with Gasteiger partial charge in [0.25, 0.3) is 0 Å². The van der Waals surface area contributed by atoms with Crippen LogP contribution >= 0.6 is 15.6 Å². The SMILES string of the molecule is CC(C)CCOC[C@H](NC(=O)OCc1ccc(NC(=O)Cc2ccc(F)cc2)cc1)C(=O)O[C@H]1[C@@H](O)[C@H](n2cnc3c(N)ncnc32)O[C@@H]1COP(=O)(O)O[C@H]1[C@@H](O)[C@H](n2ccc(N)nc2=O)O[C@@H]1COP(=O)(O)O. The molecule has 3 aromatic heterocycles. The van der Waals surface area contributed by atoms with Crippen LogP contribution in [0.15, 0.2) is 78.2 Å². The molecule has 0 saturated carbocycles. The second-order valence-electron chi connectivity index (χ2n) is 17.3. The number of anilines is 3. The standard InChI is InChI=1S/C43H53FN10O19P2/c1-22(2)12-14-66-17-27(51-43(60)67-16-24-5-9-26(10-6-24)50-31(55)15-23-3-7-25(44)8-4-23)41(58)72-35-28(70-40(33(35)56)54-21-49-32-37(46)47-20-48-38(32)54)19-69-75(64,65)73-36-29(18-68-74(61,62)63)71-39(34(36)57)53-13-11-30(45)52-42(53)59/h3-11,13,20-22,27-29,33-36,39-40,56-57H,12,14-19H2,1-2H3,(H,50,55)(H,51,60)(H,64,65)(H2,45,52,59)(H2,46,47,48)(H2,61,62,63)/t27-,28+,29+,33+,34+,35+,36+,39+,40+/m0/s1. The first-order valence-electron chi connectivity index (χ1n) is 22.7. The number of phosphoric acid groups is 2. The average molecular weight is 1090 g/mol. The van der Waals surface area contributed by atoms with Gasteiger partial charge in [0.05, 0.1) is 32.6 Å². The summed E-state index contributed by atoms with van der Waals surface area (Å²) < 4.78 is 84.1. The van der Waals surface area contributed by atoms with E-state index in [1.54, 1.807) is 24.3 Å². The first kappa shape index (κ1) is 56.4. The molecule has 2 aliphatic heterocycles. The van der Waals surface area contributed by atoms with Crippen LogP contribution < -0.4 is 27.8 Å². The van der Waals surface area contributed by atoms with Crippen molar-refractivity contribution in [3.8, 4) is 0 Å². The number of aliphatic hydroxyl groups is 2. The molecule has 0 bridgehead atoms. The van der Waals surface area contributed by atoms with Crippen molar-refractivity contribution in [3.63, 3.8) is 0 Å². The monoisotopic (exact) mass is 1090 g/mol. The van der Waals surface area contributed by atoms with Gasteiger partial charge in [0.15, 0.2) is 36.1 Å². The zero-order valence-corrected chi connectivity index (χ0v) is 41.5.